The number of carbonyl (C=O) groups excluding carboxylic acids is 1. The van der Waals surface area contributed by atoms with Crippen molar-refractivity contribution in [2.75, 3.05) is 20.8 Å². The van der Waals surface area contributed by atoms with Gasteiger partial charge >= 0.3 is 5.97 Å². The van der Waals surface area contributed by atoms with Crippen LogP contribution in [0.4, 0.5) is 0 Å². The second-order valence-electron chi connectivity index (χ2n) is 5.58. The number of aliphatic carboxylic acids is 1. The first kappa shape index (κ1) is 19.0. The van der Waals surface area contributed by atoms with Gasteiger partial charge in [-0.1, -0.05) is 0 Å². The number of aromatic nitrogens is 2. The number of carboxylic acid groups (broad SMARTS) is 1. The number of aliphatic hydroxyl groups is 1. The Kier molecular flexibility index (Phi) is 5.55. The maximum atomic E-state index is 12.4. The molecule has 25 heavy (non-hydrogen) atoms. The lowest BCUT2D eigenvalue weighted by Crippen LogP contribution is -2.46. The molecule has 1 amide bonds. The summed E-state index contributed by atoms with van der Waals surface area (Å²) in [5, 5.41) is 21.6. The van der Waals surface area contributed by atoms with E-state index in [0.29, 0.717) is 32.4 Å². The van der Waals surface area contributed by atoms with Crippen molar-refractivity contribution < 1.29 is 29.3 Å². The molecule has 1 unspecified atom stereocenters. The minimum atomic E-state index is -2.05. The van der Waals surface area contributed by atoms with Crippen LogP contribution in [0.5, 0.6) is 5.88 Å². The summed E-state index contributed by atoms with van der Waals surface area (Å²) in [4.78, 5) is 32.8. The van der Waals surface area contributed by atoms with Gasteiger partial charge < -0.3 is 25.0 Å². The fraction of sp³-hybridized carbons (Fsp3) is 0.467. The lowest BCUT2D eigenvalue weighted by atomic mass is 10.1. The van der Waals surface area contributed by atoms with E-state index in [-0.39, 0.29) is 6.61 Å². The summed E-state index contributed by atoms with van der Waals surface area (Å²) in [5.74, 6) is -1.16. The summed E-state index contributed by atoms with van der Waals surface area (Å²) < 4.78 is 10.3. The molecular weight excluding hydrogens is 350 g/mol. The van der Waals surface area contributed by atoms with Crippen molar-refractivity contribution in [3.05, 3.63) is 16.3 Å². The molecule has 0 bridgehead atoms. The number of fused-ring (bicyclic) bond motifs is 1. The molecule has 0 saturated heterocycles. The Balaban J connectivity index is 2.37. The van der Waals surface area contributed by atoms with Crippen LogP contribution in [0.3, 0.4) is 0 Å². The van der Waals surface area contributed by atoms with E-state index in [0.717, 1.165) is 18.3 Å². The monoisotopic (exact) mass is 369 g/mol. The second kappa shape index (κ2) is 7.30. The fourth-order valence-corrected chi connectivity index (χ4v) is 3.22. The van der Waals surface area contributed by atoms with Gasteiger partial charge in [-0.25, -0.2) is 9.78 Å². The van der Waals surface area contributed by atoms with Crippen LogP contribution in [0, 0.1) is 6.92 Å². The van der Waals surface area contributed by atoms with Crippen molar-refractivity contribution in [2.45, 2.75) is 26.1 Å². The molecule has 0 aliphatic heterocycles. The molecule has 0 radical (unpaired) electrons. The van der Waals surface area contributed by atoms with E-state index in [1.165, 1.54) is 14.2 Å². The fourth-order valence-electron chi connectivity index (χ4n) is 2.11. The van der Waals surface area contributed by atoms with Gasteiger partial charge in [-0.3, -0.25) is 4.79 Å². The number of amides is 1. The maximum absolute atomic E-state index is 12.4. The first-order valence-electron chi connectivity index (χ1n) is 7.28. The highest BCUT2D eigenvalue weighted by Crippen LogP contribution is 2.35. The molecule has 3 N–H and O–H groups in total. The molecule has 0 fully saturated rings. The van der Waals surface area contributed by atoms with Crippen LogP contribution in [-0.2, 0) is 16.1 Å². The molecule has 2 aromatic heterocycles. The van der Waals surface area contributed by atoms with Crippen LogP contribution in [0.25, 0.3) is 10.2 Å². The van der Waals surface area contributed by atoms with E-state index >= 15 is 0 Å². The van der Waals surface area contributed by atoms with Gasteiger partial charge in [0.25, 0.3) is 5.91 Å². The molecule has 1 atom stereocenters. The Morgan fingerprint density at radius 3 is 2.56 bits per heavy atom. The first-order chi connectivity index (χ1) is 11.7. The minimum Gasteiger partial charge on any atom is -0.480 e. The largest absolute Gasteiger partial charge is 0.480 e. The highest BCUT2D eigenvalue weighted by atomic mass is 32.1. The zero-order valence-electron chi connectivity index (χ0n) is 14.2. The van der Waals surface area contributed by atoms with Crippen molar-refractivity contribution in [1.29, 1.82) is 0 Å². The molecule has 2 heterocycles. The van der Waals surface area contributed by atoms with Crippen molar-refractivity contribution >= 4 is 33.4 Å². The number of ether oxygens (including phenoxy) is 2. The Morgan fingerprint density at radius 1 is 1.32 bits per heavy atom. The number of aryl methyl sites for hydroxylation is 1. The standard InChI is InChI=1S/C15H19N3O6S/c1-7-9-12(24-4)17-8(5-23-3)18-13(9)25-10(7)11(19)16-6-15(2,22)14(20)21/h22H,5-6H2,1-4H3,(H,16,19)(H,20,21). The number of carboxylic acids is 1. The molecule has 0 spiro atoms. The third-order valence-corrected chi connectivity index (χ3v) is 4.71. The Hall–Kier alpha value is -2.30. The summed E-state index contributed by atoms with van der Waals surface area (Å²) in [5.41, 5.74) is -1.43. The summed E-state index contributed by atoms with van der Waals surface area (Å²) in [7, 11) is 2.99. The molecule has 0 aliphatic carbocycles. The minimum absolute atomic E-state index is 0.201. The van der Waals surface area contributed by atoms with Crippen molar-refractivity contribution in [3.63, 3.8) is 0 Å². The average molecular weight is 369 g/mol. The van der Waals surface area contributed by atoms with Crippen molar-refractivity contribution in [1.82, 2.24) is 15.3 Å². The maximum Gasteiger partial charge on any atom is 0.337 e. The SMILES string of the molecule is COCc1nc(OC)c2c(C)c(C(=O)NCC(C)(O)C(=O)O)sc2n1. The van der Waals surface area contributed by atoms with E-state index in [2.05, 4.69) is 15.3 Å². The lowest BCUT2D eigenvalue weighted by Gasteiger charge is -2.18. The molecular formula is C15H19N3O6S. The highest BCUT2D eigenvalue weighted by Gasteiger charge is 2.31. The van der Waals surface area contributed by atoms with Crippen LogP contribution in [0.1, 0.15) is 28.0 Å². The number of nitrogens with one attached hydrogen (secondary N) is 1. The third-order valence-electron chi connectivity index (χ3n) is 3.53. The predicted octanol–water partition coefficient (Wildman–Crippen LogP) is 0.720. The lowest BCUT2D eigenvalue weighted by molar-refractivity contribution is -0.155. The summed E-state index contributed by atoms with van der Waals surface area (Å²) >= 11 is 1.13. The number of carbonyl (C=O) groups is 2. The van der Waals surface area contributed by atoms with Gasteiger partial charge in [-0.15, -0.1) is 11.3 Å². The molecule has 9 nitrogen and oxygen atoms in total. The Morgan fingerprint density at radius 2 is 2.00 bits per heavy atom. The molecule has 10 heteroatoms. The number of hydrogen-bond acceptors (Lipinski definition) is 8. The van der Waals surface area contributed by atoms with E-state index in [1.807, 2.05) is 0 Å². The third kappa shape index (κ3) is 3.86. The quantitative estimate of drug-likeness (QED) is 0.651. The van der Waals surface area contributed by atoms with E-state index < -0.39 is 24.0 Å². The Bertz CT molecular complexity index is 817. The molecule has 2 rings (SSSR count). The average Bonchev–Trinajstić information content (AvgIpc) is 2.89. The van der Waals surface area contributed by atoms with Gasteiger partial charge in [0, 0.05) is 7.11 Å². The topological polar surface area (TPSA) is 131 Å². The summed E-state index contributed by atoms with van der Waals surface area (Å²) in [6.07, 6.45) is 0. The van der Waals surface area contributed by atoms with Crippen LogP contribution in [0.15, 0.2) is 0 Å². The van der Waals surface area contributed by atoms with Crippen LogP contribution >= 0.6 is 11.3 Å². The van der Waals surface area contributed by atoms with Gasteiger partial charge in [0.1, 0.15) is 11.4 Å². The normalized spacial score (nSPS) is 13.5. The highest BCUT2D eigenvalue weighted by molar-refractivity contribution is 7.20. The number of methoxy groups -OCH3 is 2. The second-order valence-corrected chi connectivity index (χ2v) is 6.58. The van der Waals surface area contributed by atoms with E-state index in [4.69, 9.17) is 14.6 Å². The molecule has 136 valence electrons. The number of thiophene rings is 1. The van der Waals surface area contributed by atoms with Crippen LogP contribution < -0.4 is 10.1 Å². The number of rotatable bonds is 7. The smallest absolute Gasteiger partial charge is 0.337 e. The van der Waals surface area contributed by atoms with Gasteiger partial charge in [0.05, 0.1) is 23.9 Å². The first-order valence-corrected chi connectivity index (χ1v) is 8.09. The van der Waals surface area contributed by atoms with Gasteiger partial charge in [-0.05, 0) is 19.4 Å². The van der Waals surface area contributed by atoms with Gasteiger partial charge in [0.15, 0.2) is 11.4 Å². The zero-order chi connectivity index (χ0) is 18.8. The van der Waals surface area contributed by atoms with Crippen molar-refractivity contribution in [2.24, 2.45) is 0 Å². The van der Waals surface area contributed by atoms with Crippen molar-refractivity contribution in [3.8, 4) is 5.88 Å². The van der Waals surface area contributed by atoms with Gasteiger partial charge in [-0.2, -0.15) is 4.98 Å². The van der Waals surface area contributed by atoms with E-state index in [1.54, 1.807) is 6.92 Å². The Labute approximate surface area is 147 Å². The molecule has 0 aromatic carbocycles. The molecule has 0 saturated carbocycles. The summed E-state index contributed by atoms with van der Waals surface area (Å²) in [6, 6.07) is 0. The number of hydrogen-bond donors (Lipinski definition) is 3. The van der Waals surface area contributed by atoms with Crippen LogP contribution in [-0.4, -0.2) is 58.4 Å². The summed E-state index contributed by atoms with van der Waals surface area (Å²) in [6.45, 7) is 2.61. The van der Waals surface area contributed by atoms with Gasteiger partial charge in [0.2, 0.25) is 5.88 Å². The molecule has 0 aliphatic rings. The zero-order valence-corrected chi connectivity index (χ0v) is 15.1. The van der Waals surface area contributed by atoms with Crippen LogP contribution in [0.2, 0.25) is 0 Å². The predicted molar refractivity (Wildman–Crippen MR) is 90.0 cm³/mol. The molecule has 2 aromatic rings. The van der Waals surface area contributed by atoms with E-state index in [9.17, 15) is 14.7 Å². The number of nitrogens with zero attached hydrogens (tertiary/aromatic N) is 2.